The molecule has 110 valence electrons. The maximum absolute atomic E-state index is 11.5. The van der Waals surface area contributed by atoms with Crippen LogP contribution in [-0.4, -0.2) is 20.2 Å². The van der Waals surface area contributed by atoms with E-state index in [1.54, 1.807) is 19.2 Å². The van der Waals surface area contributed by atoms with Gasteiger partial charge >= 0.3 is 5.97 Å². The third-order valence-electron chi connectivity index (χ3n) is 3.20. The molecule has 0 unspecified atom stereocenters. The van der Waals surface area contributed by atoms with Gasteiger partial charge in [0.25, 0.3) is 0 Å². The van der Waals surface area contributed by atoms with E-state index in [4.69, 9.17) is 9.47 Å². The minimum Gasteiger partial charge on any atom is -0.496 e. The molecule has 0 atom stereocenters. The minimum absolute atomic E-state index is 0.341. The molecule has 0 aliphatic rings. The number of carbonyl (C=O) groups is 1. The lowest BCUT2D eigenvalue weighted by atomic mass is 10.1. The highest BCUT2D eigenvalue weighted by molar-refractivity contribution is 5.90. The van der Waals surface area contributed by atoms with Crippen molar-refractivity contribution in [3.8, 4) is 5.75 Å². The van der Waals surface area contributed by atoms with Crippen molar-refractivity contribution < 1.29 is 14.3 Å². The summed E-state index contributed by atoms with van der Waals surface area (Å²) < 4.78 is 10.1. The zero-order chi connectivity index (χ0) is 15.2. The summed E-state index contributed by atoms with van der Waals surface area (Å²) in [6.07, 6.45) is 0. The van der Waals surface area contributed by atoms with Crippen LogP contribution < -0.4 is 10.1 Å². The van der Waals surface area contributed by atoms with Gasteiger partial charge in [-0.25, -0.2) is 4.79 Å². The van der Waals surface area contributed by atoms with E-state index < -0.39 is 0 Å². The third-order valence-corrected chi connectivity index (χ3v) is 3.20. The molecule has 21 heavy (non-hydrogen) atoms. The molecule has 0 radical (unpaired) electrons. The molecule has 0 amide bonds. The molecule has 2 rings (SSSR count). The van der Waals surface area contributed by atoms with Gasteiger partial charge in [0.15, 0.2) is 0 Å². The molecule has 0 bridgehead atoms. The maximum atomic E-state index is 11.5. The fraction of sp³-hybridized carbons (Fsp3) is 0.235. The van der Waals surface area contributed by atoms with Gasteiger partial charge in [0.2, 0.25) is 0 Å². The molecule has 0 aliphatic heterocycles. The zero-order valence-corrected chi connectivity index (χ0v) is 12.5. The zero-order valence-electron chi connectivity index (χ0n) is 12.5. The molecule has 0 spiro atoms. The van der Waals surface area contributed by atoms with E-state index in [1.807, 2.05) is 31.2 Å². The predicted molar refractivity (Wildman–Crippen MR) is 82.8 cm³/mol. The summed E-state index contributed by atoms with van der Waals surface area (Å²) >= 11 is 0. The summed E-state index contributed by atoms with van der Waals surface area (Å²) in [4.78, 5) is 11.5. The number of anilines is 1. The Balaban J connectivity index is 2.13. The largest absolute Gasteiger partial charge is 0.496 e. The summed E-state index contributed by atoms with van der Waals surface area (Å²) in [5.74, 6) is 0.504. The molecule has 0 heterocycles. The van der Waals surface area contributed by atoms with Crippen LogP contribution in [0.3, 0.4) is 0 Å². The van der Waals surface area contributed by atoms with Crippen LogP contribution in [0, 0.1) is 6.92 Å². The van der Waals surface area contributed by atoms with E-state index in [2.05, 4.69) is 11.4 Å². The van der Waals surface area contributed by atoms with Gasteiger partial charge in [0, 0.05) is 17.8 Å². The Morgan fingerprint density at radius 2 is 1.95 bits per heavy atom. The second-order valence-corrected chi connectivity index (χ2v) is 4.74. The fourth-order valence-corrected chi connectivity index (χ4v) is 2.12. The molecular formula is C17H19NO3. The molecular weight excluding hydrogens is 266 g/mol. The molecule has 2 aromatic rings. The molecule has 0 aliphatic carbocycles. The molecule has 0 aromatic heterocycles. The molecule has 0 saturated heterocycles. The lowest BCUT2D eigenvalue weighted by Gasteiger charge is -2.12. The van der Waals surface area contributed by atoms with Crippen LogP contribution in [0.25, 0.3) is 0 Å². The summed E-state index contributed by atoms with van der Waals surface area (Å²) in [7, 11) is 3.03. The Morgan fingerprint density at radius 1 is 1.14 bits per heavy atom. The lowest BCUT2D eigenvalue weighted by molar-refractivity contribution is 0.0601. The van der Waals surface area contributed by atoms with Gasteiger partial charge in [-0.3, -0.25) is 0 Å². The number of hydrogen-bond acceptors (Lipinski definition) is 4. The Bertz CT molecular complexity index is 638. The van der Waals surface area contributed by atoms with Crippen molar-refractivity contribution in [2.75, 3.05) is 19.5 Å². The van der Waals surface area contributed by atoms with Crippen LogP contribution >= 0.6 is 0 Å². The van der Waals surface area contributed by atoms with E-state index in [0.29, 0.717) is 12.1 Å². The van der Waals surface area contributed by atoms with Crippen LogP contribution in [0.4, 0.5) is 5.69 Å². The smallest absolute Gasteiger partial charge is 0.337 e. The van der Waals surface area contributed by atoms with E-state index in [0.717, 1.165) is 17.0 Å². The highest BCUT2D eigenvalue weighted by Gasteiger charge is 2.07. The SMILES string of the molecule is COC(=O)c1cccc(NCc2cc(C)ccc2OC)c1. The number of benzene rings is 2. The Kier molecular flexibility index (Phi) is 4.82. The standard InChI is InChI=1S/C17H19NO3/c1-12-7-8-16(20-2)14(9-12)11-18-15-6-4-5-13(10-15)17(19)21-3/h4-10,18H,11H2,1-3H3. The van der Waals surface area contributed by atoms with Gasteiger partial charge in [0.05, 0.1) is 19.8 Å². The number of rotatable bonds is 5. The van der Waals surface area contributed by atoms with E-state index in [9.17, 15) is 4.79 Å². The average Bonchev–Trinajstić information content (AvgIpc) is 2.52. The first kappa shape index (κ1) is 14.9. The van der Waals surface area contributed by atoms with Gasteiger partial charge in [-0.1, -0.05) is 23.8 Å². The van der Waals surface area contributed by atoms with Gasteiger partial charge in [0.1, 0.15) is 5.75 Å². The van der Waals surface area contributed by atoms with Crippen LogP contribution in [-0.2, 0) is 11.3 Å². The normalized spacial score (nSPS) is 10.0. The molecule has 4 heteroatoms. The van der Waals surface area contributed by atoms with Crippen LogP contribution in [0.5, 0.6) is 5.75 Å². The van der Waals surface area contributed by atoms with Crippen LogP contribution in [0.1, 0.15) is 21.5 Å². The van der Waals surface area contributed by atoms with Crippen LogP contribution in [0.15, 0.2) is 42.5 Å². The highest BCUT2D eigenvalue weighted by atomic mass is 16.5. The summed E-state index contributed by atoms with van der Waals surface area (Å²) in [5.41, 5.74) is 3.64. The quantitative estimate of drug-likeness (QED) is 0.855. The lowest BCUT2D eigenvalue weighted by Crippen LogP contribution is -2.05. The second-order valence-electron chi connectivity index (χ2n) is 4.74. The molecule has 1 N–H and O–H groups in total. The molecule has 4 nitrogen and oxygen atoms in total. The highest BCUT2D eigenvalue weighted by Crippen LogP contribution is 2.21. The van der Waals surface area contributed by atoms with E-state index in [1.165, 1.54) is 12.7 Å². The van der Waals surface area contributed by atoms with Crippen molar-refractivity contribution in [3.63, 3.8) is 0 Å². The Labute approximate surface area is 124 Å². The number of ether oxygens (including phenoxy) is 2. The monoisotopic (exact) mass is 285 g/mol. The number of aryl methyl sites for hydroxylation is 1. The first-order valence-corrected chi connectivity index (χ1v) is 6.70. The number of methoxy groups -OCH3 is 2. The molecule has 0 saturated carbocycles. The number of nitrogens with one attached hydrogen (secondary N) is 1. The second kappa shape index (κ2) is 6.79. The van der Waals surface area contributed by atoms with E-state index in [-0.39, 0.29) is 5.97 Å². The predicted octanol–water partition coefficient (Wildman–Crippen LogP) is 3.40. The number of carbonyl (C=O) groups excluding carboxylic acids is 1. The molecule has 0 fully saturated rings. The fourth-order valence-electron chi connectivity index (χ4n) is 2.12. The first-order chi connectivity index (χ1) is 10.1. The number of hydrogen-bond donors (Lipinski definition) is 1. The topological polar surface area (TPSA) is 47.6 Å². The van der Waals surface area contributed by atoms with Crippen molar-refractivity contribution in [1.29, 1.82) is 0 Å². The minimum atomic E-state index is -0.341. The Hall–Kier alpha value is -2.49. The van der Waals surface area contributed by atoms with Crippen molar-refractivity contribution in [3.05, 3.63) is 59.2 Å². The summed E-state index contributed by atoms with van der Waals surface area (Å²) in [6.45, 7) is 2.66. The van der Waals surface area contributed by atoms with E-state index >= 15 is 0 Å². The van der Waals surface area contributed by atoms with Crippen LogP contribution in [0.2, 0.25) is 0 Å². The van der Waals surface area contributed by atoms with Gasteiger partial charge in [-0.2, -0.15) is 0 Å². The summed E-state index contributed by atoms with van der Waals surface area (Å²) in [5, 5.41) is 3.29. The van der Waals surface area contributed by atoms with Crippen molar-refractivity contribution in [2.45, 2.75) is 13.5 Å². The Morgan fingerprint density at radius 3 is 2.67 bits per heavy atom. The van der Waals surface area contributed by atoms with Crippen molar-refractivity contribution in [2.24, 2.45) is 0 Å². The van der Waals surface area contributed by atoms with Crippen molar-refractivity contribution in [1.82, 2.24) is 0 Å². The first-order valence-electron chi connectivity index (χ1n) is 6.70. The van der Waals surface area contributed by atoms with Crippen molar-refractivity contribution >= 4 is 11.7 Å². The van der Waals surface area contributed by atoms with Gasteiger partial charge in [-0.15, -0.1) is 0 Å². The third kappa shape index (κ3) is 3.75. The molecule has 2 aromatic carbocycles. The average molecular weight is 285 g/mol. The van der Waals surface area contributed by atoms with Gasteiger partial charge in [-0.05, 0) is 31.2 Å². The number of esters is 1. The summed E-state index contributed by atoms with van der Waals surface area (Å²) in [6, 6.07) is 13.3. The maximum Gasteiger partial charge on any atom is 0.337 e. The van der Waals surface area contributed by atoms with Gasteiger partial charge < -0.3 is 14.8 Å².